The summed E-state index contributed by atoms with van der Waals surface area (Å²) in [6, 6.07) is 11.8. The molecule has 0 saturated carbocycles. The third-order valence-electron chi connectivity index (χ3n) is 5.19. The summed E-state index contributed by atoms with van der Waals surface area (Å²) < 4.78 is 42.7. The Labute approximate surface area is 184 Å². The molecule has 2 heterocycles. The van der Waals surface area contributed by atoms with Crippen molar-refractivity contribution in [3.63, 3.8) is 0 Å². The van der Waals surface area contributed by atoms with Crippen LogP contribution in [0.25, 0.3) is 0 Å². The Kier molecular flexibility index (Phi) is 5.63. The van der Waals surface area contributed by atoms with Crippen LogP contribution in [0.1, 0.15) is 22.8 Å². The summed E-state index contributed by atoms with van der Waals surface area (Å²) in [7, 11) is 0.791. The highest BCUT2D eigenvalue weighted by molar-refractivity contribution is 7.91. The molecule has 7 nitrogen and oxygen atoms in total. The summed E-state index contributed by atoms with van der Waals surface area (Å²) in [6.45, 7) is 0. The van der Waals surface area contributed by atoms with Crippen LogP contribution in [-0.2, 0) is 14.6 Å². The number of amides is 1. The first-order valence-electron chi connectivity index (χ1n) is 9.42. The number of rotatable bonds is 6. The summed E-state index contributed by atoms with van der Waals surface area (Å²) in [6.07, 6.45) is 0.178. The zero-order valence-corrected chi connectivity index (χ0v) is 18.8. The molecule has 9 heteroatoms. The third-order valence-corrected chi connectivity index (χ3v) is 8.23. The molecular formula is C22H21NO6S2. The van der Waals surface area contributed by atoms with Crippen molar-refractivity contribution in [1.29, 1.82) is 0 Å². The van der Waals surface area contributed by atoms with Gasteiger partial charge in [0.05, 0.1) is 31.9 Å². The van der Waals surface area contributed by atoms with Crippen LogP contribution in [-0.4, -0.2) is 35.7 Å². The summed E-state index contributed by atoms with van der Waals surface area (Å²) in [5, 5.41) is 4.36. The van der Waals surface area contributed by atoms with Crippen LogP contribution >= 0.6 is 11.3 Å². The molecule has 0 unspecified atom stereocenters. The molecule has 3 aromatic rings. The SMILES string of the molecule is COc1cc([C@@H]2CC(=O)Nc3c(S(=O)(=O)c4ccccc4)csc32)cc(OC)c1OC. The lowest BCUT2D eigenvalue weighted by Crippen LogP contribution is -2.23. The number of benzene rings is 2. The average molecular weight is 460 g/mol. The quantitative estimate of drug-likeness (QED) is 0.597. The number of sulfone groups is 1. The lowest BCUT2D eigenvalue weighted by atomic mass is 9.90. The van der Waals surface area contributed by atoms with E-state index in [2.05, 4.69) is 5.32 Å². The predicted octanol–water partition coefficient (Wildman–Crippen LogP) is 4.08. The molecule has 162 valence electrons. The number of carbonyl (C=O) groups is 1. The van der Waals surface area contributed by atoms with Gasteiger partial charge in [0.15, 0.2) is 11.5 Å². The van der Waals surface area contributed by atoms with E-state index in [0.29, 0.717) is 22.9 Å². The molecule has 1 aromatic heterocycles. The van der Waals surface area contributed by atoms with Gasteiger partial charge < -0.3 is 19.5 Å². The Hall–Kier alpha value is -3.04. The van der Waals surface area contributed by atoms with E-state index in [1.165, 1.54) is 32.7 Å². The Morgan fingerprint density at radius 3 is 2.23 bits per heavy atom. The third kappa shape index (κ3) is 3.64. The number of fused-ring (bicyclic) bond motifs is 1. The lowest BCUT2D eigenvalue weighted by molar-refractivity contribution is -0.116. The van der Waals surface area contributed by atoms with Crippen LogP contribution in [0.4, 0.5) is 5.69 Å². The van der Waals surface area contributed by atoms with Gasteiger partial charge in [-0.15, -0.1) is 11.3 Å². The van der Waals surface area contributed by atoms with Gasteiger partial charge in [-0.1, -0.05) is 18.2 Å². The van der Waals surface area contributed by atoms with Gasteiger partial charge in [-0.3, -0.25) is 4.79 Å². The van der Waals surface area contributed by atoms with Crippen molar-refractivity contribution in [2.24, 2.45) is 0 Å². The Morgan fingerprint density at radius 2 is 1.65 bits per heavy atom. The number of nitrogens with one attached hydrogen (secondary N) is 1. The highest BCUT2D eigenvalue weighted by atomic mass is 32.2. The minimum Gasteiger partial charge on any atom is -0.493 e. The number of carbonyl (C=O) groups excluding carboxylic acids is 1. The standard InChI is InChI=1S/C22H21NO6S2/c1-27-16-9-13(10-17(28-2)21(16)29-3)15-11-19(24)23-20-18(12-30-22(15)20)31(25,26)14-7-5-4-6-8-14/h4-10,12,15H,11H2,1-3H3,(H,23,24)/t15-/m0/s1. The largest absolute Gasteiger partial charge is 0.493 e. The number of ether oxygens (including phenoxy) is 3. The second kappa shape index (κ2) is 8.24. The van der Waals surface area contributed by atoms with Gasteiger partial charge in [0.2, 0.25) is 21.5 Å². The van der Waals surface area contributed by atoms with E-state index >= 15 is 0 Å². The monoisotopic (exact) mass is 459 g/mol. The molecule has 1 aliphatic heterocycles. The highest BCUT2D eigenvalue weighted by Gasteiger charge is 2.35. The minimum absolute atomic E-state index is 0.101. The normalized spacial score (nSPS) is 15.7. The molecule has 1 amide bonds. The Balaban J connectivity index is 1.85. The fraction of sp³-hybridized carbons (Fsp3) is 0.227. The molecule has 0 radical (unpaired) electrons. The topological polar surface area (TPSA) is 90.9 Å². The van der Waals surface area contributed by atoms with Gasteiger partial charge in [0.1, 0.15) is 4.90 Å². The molecule has 1 aliphatic rings. The van der Waals surface area contributed by atoms with Crippen molar-refractivity contribution in [2.75, 3.05) is 26.6 Å². The summed E-state index contributed by atoms with van der Waals surface area (Å²) in [5.74, 6) is 0.792. The van der Waals surface area contributed by atoms with Gasteiger partial charge in [-0.25, -0.2) is 8.42 Å². The van der Waals surface area contributed by atoms with E-state index in [4.69, 9.17) is 14.2 Å². The molecule has 1 atom stereocenters. The maximum atomic E-state index is 13.2. The van der Waals surface area contributed by atoms with Gasteiger partial charge in [0, 0.05) is 22.6 Å². The zero-order valence-electron chi connectivity index (χ0n) is 17.2. The summed E-state index contributed by atoms with van der Waals surface area (Å²) in [5.41, 5.74) is 1.11. The maximum Gasteiger partial charge on any atom is 0.225 e. The second-order valence-corrected chi connectivity index (χ2v) is 9.75. The molecule has 1 N–H and O–H groups in total. The van der Waals surface area contributed by atoms with Crippen molar-refractivity contribution in [3.8, 4) is 17.2 Å². The van der Waals surface area contributed by atoms with Gasteiger partial charge in [0.25, 0.3) is 0 Å². The molecule has 0 fully saturated rings. The molecule has 0 aliphatic carbocycles. The first kappa shape index (κ1) is 21.2. The number of methoxy groups -OCH3 is 3. The van der Waals surface area contributed by atoms with Crippen LogP contribution in [0.5, 0.6) is 17.2 Å². The Morgan fingerprint density at radius 1 is 1.00 bits per heavy atom. The maximum absolute atomic E-state index is 13.2. The Bertz CT molecular complexity index is 1210. The van der Waals surface area contributed by atoms with E-state index in [1.54, 1.807) is 47.8 Å². The molecular weight excluding hydrogens is 438 g/mol. The molecule has 0 spiro atoms. The minimum atomic E-state index is -3.78. The molecule has 2 aromatic carbocycles. The second-order valence-electron chi connectivity index (χ2n) is 6.92. The van der Waals surface area contributed by atoms with E-state index in [9.17, 15) is 13.2 Å². The number of hydrogen-bond acceptors (Lipinski definition) is 7. The van der Waals surface area contributed by atoms with E-state index in [0.717, 1.165) is 10.4 Å². The average Bonchev–Trinajstić information content (AvgIpc) is 3.22. The number of anilines is 1. The van der Waals surface area contributed by atoms with Gasteiger partial charge >= 0.3 is 0 Å². The summed E-state index contributed by atoms with van der Waals surface area (Å²) >= 11 is 1.31. The highest BCUT2D eigenvalue weighted by Crippen LogP contribution is 2.48. The fourth-order valence-electron chi connectivity index (χ4n) is 3.70. The van der Waals surface area contributed by atoms with E-state index in [-0.39, 0.29) is 28.0 Å². The number of thiophene rings is 1. The first-order chi connectivity index (χ1) is 14.9. The van der Waals surface area contributed by atoms with Crippen molar-refractivity contribution in [1.82, 2.24) is 0 Å². The van der Waals surface area contributed by atoms with Gasteiger partial charge in [-0.05, 0) is 29.8 Å². The van der Waals surface area contributed by atoms with Crippen LogP contribution < -0.4 is 19.5 Å². The molecule has 31 heavy (non-hydrogen) atoms. The van der Waals surface area contributed by atoms with Gasteiger partial charge in [-0.2, -0.15) is 0 Å². The van der Waals surface area contributed by atoms with Crippen LogP contribution in [0.3, 0.4) is 0 Å². The van der Waals surface area contributed by atoms with Crippen LogP contribution in [0.15, 0.2) is 57.6 Å². The van der Waals surface area contributed by atoms with Crippen molar-refractivity contribution in [2.45, 2.75) is 22.1 Å². The predicted molar refractivity (Wildman–Crippen MR) is 117 cm³/mol. The molecule has 0 bridgehead atoms. The van der Waals surface area contributed by atoms with E-state index < -0.39 is 9.84 Å². The van der Waals surface area contributed by atoms with Crippen molar-refractivity contribution in [3.05, 3.63) is 58.3 Å². The van der Waals surface area contributed by atoms with Crippen molar-refractivity contribution < 1.29 is 27.4 Å². The lowest BCUT2D eigenvalue weighted by Gasteiger charge is -2.25. The fourth-order valence-corrected chi connectivity index (χ4v) is 6.63. The van der Waals surface area contributed by atoms with Crippen LogP contribution in [0, 0.1) is 0 Å². The first-order valence-corrected chi connectivity index (χ1v) is 11.8. The zero-order chi connectivity index (χ0) is 22.2. The molecule has 0 saturated heterocycles. The summed E-state index contributed by atoms with van der Waals surface area (Å²) in [4.78, 5) is 13.6. The smallest absolute Gasteiger partial charge is 0.225 e. The van der Waals surface area contributed by atoms with E-state index in [1.807, 2.05) is 0 Å². The molecule has 4 rings (SSSR count). The number of hydrogen-bond donors (Lipinski definition) is 1. The van der Waals surface area contributed by atoms with Crippen LogP contribution in [0.2, 0.25) is 0 Å². The van der Waals surface area contributed by atoms with Crippen molar-refractivity contribution >= 4 is 32.8 Å².